The van der Waals surface area contributed by atoms with Gasteiger partial charge in [0.1, 0.15) is 11.6 Å². The van der Waals surface area contributed by atoms with Crippen LogP contribution in [0, 0.1) is 5.82 Å². The number of halogens is 2. The van der Waals surface area contributed by atoms with Gasteiger partial charge < -0.3 is 25.2 Å². The van der Waals surface area contributed by atoms with E-state index in [1.54, 1.807) is 30.6 Å². The first-order valence-corrected chi connectivity index (χ1v) is 12.5. The number of H-pyrrole nitrogens is 1. The molecule has 2 aromatic carbocycles. The zero-order chi connectivity index (χ0) is 26.6. The molecule has 3 N–H and O–H groups in total. The fourth-order valence-corrected chi connectivity index (χ4v) is 4.55. The molecule has 0 radical (unpaired) electrons. The highest BCUT2D eigenvalue weighted by molar-refractivity contribution is 6.31. The van der Waals surface area contributed by atoms with Gasteiger partial charge in [0.05, 0.1) is 17.6 Å². The quantitative estimate of drug-likeness (QED) is 0.275. The van der Waals surface area contributed by atoms with Crippen LogP contribution in [0.25, 0.3) is 11.3 Å². The van der Waals surface area contributed by atoms with E-state index in [1.165, 1.54) is 18.2 Å². The van der Waals surface area contributed by atoms with Crippen molar-refractivity contribution < 1.29 is 13.9 Å². The second kappa shape index (κ2) is 11.1. The second-order valence-electron chi connectivity index (χ2n) is 9.22. The standard InChI is InChI=1S/C27H27ClFN7O2/c1-35(2)20-8-9-36(16-20)21-11-18(28)10-19(12-21)32-27(37)34-25-13-22(6-7-23(25)29)38-26-5-3-4-24(33-26)17-14-30-31-15-17/h3-7,10-15,20H,8-9,16H2,1-2H3,(H,30,31)(H2,32,34,37). The van der Waals surface area contributed by atoms with E-state index in [-0.39, 0.29) is 5.69 Å². The van der Waals surface area contributed by atoms with Crippen molar-refractivity contribution in [2.45, 2.75) is 12.5 Å². The maximum atomic E-state index is 14.5. The summed E-state index contributed by atoms with van der Waals surface area (Å²) >= 11 is 6.34. The van der Waals surface area contributed by atoms with Crippen LogP contribution >= 0.6 is 11.6 Å². The van der Waals surface area contributed by atoms with Crippen molar-refractivity contribution in [2.75, 3.05) is 42.7 Å². The Bertz CT molecular complexity index is 1430. The number of carbonyl (C=O) groups is 1. The lowest BCUT2D eigenvalue weighted by atomic mass is 10.2. The van der Waals surface area contributed by atoms with E-state index in [9.17, 15) is 9.18 Å². The van der Waals surface area contributed by atoms with Gasteiger partial charge in [0.25, 0.3) is 0 Å². The van der Waals surface area contributed by atoms with Gasteiger partial charge in [-0.3, -0.25) is 5.10 Å². The Hall–Kier alpha value is -4.15. The molecular formula is C27H27ClFN7O2. The third-order valence-corrected chi connectivity index (χ3v) is 6.54. The van der Waals surface area contributed by atoms with Gasteiger partial charge in [0, 0.05) is 59.4 Å². The van der Waals surface area contributed by atoms with Crippen LogP contribution in [0.15, 0.2) is 67.0 Å². The number of hydrogen-bond donors (Lipinski definition) is 3. The Labute approximate surface area is 224 Å². The zero-order valence-corrected chi connectivity index (χ0v) is 21.7. The number of nitrogens with one attached hydrogen (secondary N) is 3. The minimum absolute atomic E-state index is 0.0402. The summed E-state index contributed by atoms with van der Waals surface area (Å²) in [5.41, 5.74) is 2.86. The summed E-state index contributed by atoms with van der Waals surface area (Å²) < 4.78 is 20.4. The summed E-state index contributed by atoms with van der Waals surface area (Å²) in [4.78, 5) is 21.6. The van der Waals surface area contributed by atoms with Crippen LogP contribution in [-0.2, 0) is 0 Å². The van der Waals surface area contributed by atoms with Gasteiger partial charge in [0.2, 0.25) is 5.88 Å². The number of nitrogens with zero attached hydrogens (tertiary/aromatic N) is 4. The number of urea groups is 1. The molecule has 9 nitrogen and oxygen atoms in total. The number of aromatic amines is 1. The third-order valence-electron chi connectivity index (χ3n) is 6.33. The average molecular weight is 536 g/mol. The monoisotopic (exact) mass is 535 g/mol. The molecule has 0 saturated carbocycles. The van der Waals surface area contributed by atoms with Gasteiger partial charge in [-0.1, -0.05) is 17.7 Å². The number of anilines is 3. The zero-order valence-electron chi connectivity index (χ0n) is 20.9. The van der Waals surface area contributed by atoms with Gasteiger partial charge >= 0.3 is 6.03 Å². The first-order valence-electron chi connectivity index (χ1n) is 12.1. The number of rotatable bonds is 7. The SMILES string of the molecule is CN(C)C1CCN(c2cc(Cl)cc(NC(=O)Nc3cc(Oc4cccc(-c5cn[nH]c5)n4)ccc3F)c2)C1. The van der Waals surface area contributed by atoms with Gasteiger partial charge in [-0.15, -0.1) is 0 Å². The van der Waals surface area contributed by atoms with E-state index >= 15 is 0 Å². The van der Waals surface area contributed by atoms with Crippen molar-refractivity contribution in [3.63, 3.8) is 0 Å². The number of likely N-dealkylation sites (N-methyl/N-ethyl adjacent to an activating group) is 1. The maximum absolute atomic E-state index is 14.5. The molecule has 3 heterocycles. The van der Waals surface area contributed by atoms with Gasteiger partial charge in [-0.05, 0) is 56.9 Å². The van der Waals surface area contributed by atoms with E-state index in [2.05, 4.69) is 49.7 Å². The molecule has 1 saturated heterocycles. The Balaban J connectivity index is 1.26. The lowest BCUT2D eigenvalue weighted by molar-refractivity contribution is 0.262. The summed E-state index contributed by atoms with van der Waals surface area (Å²) in [5, 5.41) is 12.5. The Morgan fingerprint density at radius 3 is 2.82 bits per heavy atom. The summed E-state index contributed by atoms with van der Waals surface area (Å²) in [7, 11) is 4.13. The van der Waals surface area contributed by atoms with Crippen molar-refractivity contribution in [1.82, 2.24) is 20.1 Å². The molecule has 0 aliphatic carbocycles. The predicted molar refractivity (Wildman–Crippen MR) is 147 cm³/mol. The molecule has 2 amide bonds. The topological polar surface area (TPSA) is 98.4 Å². The number of benzene rings is 2. The first kappa shape index (κ1) is 25.5. The summed E-state index contributed by atoms with van der Waals surface area (Å²) in [6.07, 6.45) is 4.42. The molecule has 196 valence electrons. The van der Waals surface area contributed by atoms with Crippen LogP contribution in [0.2, 0.25) is 5.02 Å². The molecule has 38 heavy (non-hydrogen) atoms. The molecule has 1 unspecified atom stereocenters. The molecule has 1 aliphatic rings. The van der Waals surface area contributed by atoms with Gasteiger partial charge in [-0.25, -0.2) is 14.2 Å². The molecule has 5 rings (SSSR count). The largest absolute Gasteiger partial charge is 0.439 e. The molecule has 0 spiro atoms. The lowest BCUT2D eigenvalue weighted by Crippen LogP contribution is -2.31. The van der Waals surface area contributed by atoms with Crippen molar-refractivity contribution in [3.05, 3.63) is 77.8 Å². The molecule has 11 heteroatoms. The minimum atomic E-state index is -0.609. The molecular weight excluding hydrogens is 509 g/mol. The van der Waals surface area contributed by atoms with E-state index < -0.39 is 11.8 Å². The highest BCUT2D eigenvalue weighted by atomic mass is 35.5. The van der Waals surface area contributed by atoms with E-state index in [0.29, 0.717) is 34.1 Å². The van der Waals surface area contributed by atoms with Gasteiger partial charge in [-0.2, -0.15) is 5.10 Å². The molecule has 1 aliphatic heterocycles. The highest BCUT2D eigenvalue weighted by Crippen LogP contribution is 2.30. The van der Waals surface area contributed by atoms with Crippen molar-refractivity contribution >= 4 is 34.7 Å². The van der Waals surface area contributed by atoms with E-state index in [1.807, 2.05) is 18.2 Å². The number of ether oxygens (including phenoxy) is 1. The minimum Gasteiger partial charge on any atom is -0.439 e. The maximum Gasteiger partial charge on any atom is 0.323 e. The summed E-state index contributed by atoms with van der Waals surface area (Å²) in [6.45, 7) is 1.77. The number of carbonyl (C=O) groups excluding carboxylic acids is 1. The average Bonchev–Trinajstić information content (AvgIpc) is 3.59. The molecule has 2 aromatic heterocycles. The van der Waals surface area contributed by atoms with Crippen LogP contribution in [0.1, 0.15) is 6.42 Å². The summed E-state index contributed by atoms with van der Waals surface area (Å²) in [5.74, 6) is 0.0230. The number of hydrogen-bond acceptors (Lipinski definition) is 6. The fourth-order valence-electron chi connectivity index (χ4n) is 4.32. The van der Waals surface area contributed by atoms with E-state index in [0.717, 1.165) is 30.8 Å². The lowest BCUT2D eigenvalue weighted by Gasteiger charge is -2.22. The third kappa shape index (κ3) is 6.04. The normalized spacial score (nSPS) is 15.1. The van der Waals surface area contributed by atoms with Crippen LogP contribution in [-0.4, -0.2) is 59.3 Å². The molecule has 1 fully saturated rings. The second-order valence-corrected chi connectivity index (χ2v) is 9.66. The first-order chi connectivity index (χ1) is 18.3. The Morgan fingerprint density at radius 1 is 1.18 bits per heavy atom. The molecule has 1 atom stereocenters. The predicted octanol–water partition coefficient (Wildman–Crippen LogP) is 5.84. The number of aromatic nitrogens is 3. The van der Waals surface area contributed by atoms with Crippen molar-refractivity contribution in [1.29, 1.82) is 0 Å². The van der Waals surface area contributed by atoms with Crippen LogP contribution in [0.4, 0.5) is 26.2 Å². The van der Waals surface area contributed by atoms with Crippen LogP contribution in [0.3, 0.4) is 0 Å². The van der Waals surface area contributed by atoms with Crippen molar-refractivity contribution in [3.8, 4) is 22.9 Å². The Kier molecular flexibility index (Phi) is 7.43. The smallest absolute Gasteiger partial charge is 0.323 e. The summed E-state index contributed by atoms with van der Waals surface area (Å²) in [6, 6.07) is 14.6. The fraction of sp³-hybridized carbons (Fsp3) is 0.222. The number of amides is 2. The van der Waals surface area contributed by atoms with Crippen LogP contribution in [0.5, 0.6) is 11.6 Å². The molecule has 0 bridgehead atoms. The molecule has 4 aromatic rings. The van der Waals surface area contributed by atoms with Gasteiger partial charge in [0.15, 0.2) is 0 Å². The Morgan fingerprint density at radius 2 is 2.05 bits per heavy atom. The number of pyridine rings is 1. The van der Waals surface area contributed by atoms with E-state index in [4.69, 9.17) is 16.3 Å². The highest BCUT2D eigenvalue weighted by Gasteiger charge is 2.24. The van der Waals surface area contributed by atoms with Crippen molar-refractivity contribution in [2.24, 2.45) is 0 Å². The van der Waals surface area contributed by atoms with Crippen LogP contribution < -0.4 is 20.3 Å².